The third-order valence-corrected chi connectivity index (χ3v) is 2.16. The Kier molecular flexibility index (Phi) is 2.91. The Morgan fingerprint density at radius 3 is 2.62 bits per heavy atom. The molecule has 0 atom stereocenters. The number of phenolic OH excluding ortho intramolecular Hbond substituents is 1. The van der Waals surface area contributed by atoms with Crippen molar-refractivity contribution in [2.75, 3.05) is 0 Å². The van der Waals surface area contributed by atoms with Gasteiger partial charge >= 0.3 is 0 Å². The van der Waals surface area contributed by atoms with E-state index in [1.165, 1.54) is 12.1 Å². The number of phenols is 1. The largest absolute Gasteiger partial charge is 0.508 e. The number of amides is 1. The summed E-state index contributed by atoms with van der Waals surface area (Å²) < 4.78 is 4.88. The van der Waals surface area contributed by atoms with Gasteiger partial charge in [-0.25, -0.2) is 0 Å². The van der Waals surface area contributed by atoms with Crippen LogP contribution >= 0.6 is 0 Å². The van der Waals surface area contributed by atoms with Crippen LogP contribution in [-0.2, 0) is 6.54 Å². The lowest BCUT2D eigenvalue weighted by Gasteiger charge is -2.03. The number of hydrogen-bond donors (Lipinski definition) is 2. The summed E-state index contributed by atoms with van der Waals surface area (Å²) >= 11 is 0. The highest BCUT2D eigenvalue weighted by Gasteiger charge is 2.04. The van der Waals surface area contributed by atoms with Gasteiger partial charge in [-0.1, -0.05) is 0 Å². The molecule has 2 rings (SSSR count). The molecule has 1 heterocycles. The van der Waals surface area contributed by atoms with Gasteiger partial charge in [-0.3, -0.25) is 4.79 Å². The molecule has 2 aromatic rings. The van der Waals surface area contributed by atoms with E-state index in [4.69, 9.17) is 9.52 Å². The smallest absolute Gasteiger partial charge is 0.251 e. The van der Waals surface area contributed by atoms with Gasteiger partial charge in [0, 0.05) is 17.7 Å². The van der Waals surface area contributed by atoms with Crippen LogP contribution in [0.5, 0.6) is 5.75 Å². The number of rotatable bonds is 3. The number of hydrogen-bond acceptors (Lipinski definition) is 3. The Bertz CT molecular complexity index is 460. The fraction of sp³-hybridized carbons (Fsp3) is 0.0833. The van der Waals surface area contributed by atoms with Crippen LogP contribution in [0, 0.1) is 0 Å². The fourth-order valence-electron chi connectivity index (χ4n) is 1.29. The van der Waals surface area contributed by atoms with Gasteiger partial charge in [-0.15, -0.1) is 0 Å². The van der Waals surface area contributed by atoms with Crippen LogP contribution in [0.3, 0.4) is 0 Å². The second kappa shape index (κ2) is 4.53. The van der Waals surface area contributed by atoms with E-state index < -0.39 is 0 Å². The minimum absolute atomic E-state index is 0.145. The number of furan rings is 1. The topological polar surface area (TPSA) is 62.5 Å². The average Bonchev–Trinajstić information content (AvgIpc) is 2.80. The molecule has 0 unspecified atom stereocenters. The van der Waals surface area contributed by atoms with Crippen molar-refractivity contribution < 1.29 is 14.3 Å². The Balaban J connectivity index is 1.95. The average molecular weight is 217 g/mol. The zero-order chi connectivity index (χ0) is 11.4. The van der Waals surface area contributed by atoms with Crippen molar-refractivity contribution in [2.45, 2.75) is 6.54 Å². The van der Waals surface area contributed by atoms with E-state index in [0.29, 0.717) is 12.1 Å². The van der Waals surface area contributed by atoms with Gasteiger partial charge in [0.25, 0.3) is 5.91 Å². The SMILES string of the molecule is O=C(NCc1ccoc1)c1ccc(O)cc1. The highest BCUT2D eigenvalue weighted by atomic mass is 16.3. The third-order valence-electron chi connectivity index (χ3n) is 2.16. The van der Waals surface area contributed by atoms with Crippen molar-refractivity contribution in [1.82, 2.24) is 5.32 Å². The molecule has 2 N–H and O–H groups in total. The second-order valence-corrected chi connectivity index (χ2v) is 3.36. The Morgan fingerprint density at radius 1 is 1.25 bits per heavy atom. The minimum Gasteiger partial charge on any atom is -0.508 e. The van der Waals surface area contributed by atoms with Gasteiger partial charge in [0.2, 0.25) is 0 Å². The Labute approximate surface area is 92.5 Å². The van der Waals surface area contributed by atoms with Gasteiger partial charge in [0.05, 0.1) is 12.5 Å². The summed E-state index contributed by atoms with van der Waals surface area (Å²) in [5.74, 6) is -0.0346. The number of benzene rings is 1. The Hall–Kier alpha value is -2.23. The lowest BCUT2D eigenvalue weighted by Crippen LogP contribution is -2.22. The maximum Gasteiger partial charge on any atom is 0.251 e. The Morgan fingerprint density at radius 2 is 2.00 bits per heavy atom. The first-order valence-electron chi connectivity index (χ1n) is 4.84. The molecule has 0 aliphatic carbocycles. The van der Waals surface area contributed by atoms with Crippen molar-refractivity contribution in [3.63, 3.8) is 0 Å². The zero-order valence-corrected chi connectivity index (χ0v) is 8.51. The zero-order valence-electron chi connectivity index (χ0n) is 8.51. The van der Waals surface area contributed by atoms with Crippen LogP contribution in [0.1, 0.15) is 15.9 Å². The number of nitrogens with one attached hydrogen (secondary N) is 1. The molecule has 1 amide bonds. The predicted molar refractivity (Wildman–Crippen MR) is 58.0 cm³/mol. The first-order valence-corrected chi connectivity index (χ1v) is 4.84. The van der Waals surface area contributed by atoms with E-state index in [2.05, 4.69) is 5.32 Å². The molecule has 0 saturated heterocycles. The molecule has 4 nitrogen and oxygen atoms in total. The van der Waals surface area contributed by atoms with Crippen LogP contribution in [0.2, 0.25) is 0 Å². The summed E-state index contributed by atoms with van der Waals surface area (Å²) in [7, 11) is 0. The third kappa shape index (κ3) is 2.42. The van der Waals surface area contributed by atoms with Gasteiger partial charge in [-0.2, -0.15) is 0 Å². The van der Waals surface area contributed by atoms with Crippen molar-refractivity contribution >= 4 is 5.91 Å². The van der Waals surface area contributed by atoms with E-state index in [1.807, 2.05) is 0 Å². The quantitative estimate of drug-likeness (QED) is 0.825. The molecule has 1 aromatic heterocycles. The van der Waals surface area contributed by atoms with Gasteiger partial charge in [0.15, 0.2) is 0 Å². The normalized spacial score (nSPS) is 10.0. The molecule has 0 saturated carbocycles. The summed E-state index contributed by atoms with van der Waals surface area (Å²) in [5.41, 5.74) is 1.42. The van der Waals surface area contributed by atoms with Gasteiger partial charge < -0.3 is 14.8 Å². The standard InChI is InChI=1S/C12H11NO3/c14-11-3-1-10(2-4-11)12(15)13-7-9-5-6-16-8-9/h1-6,8,14H,7H2,(H,13,15). The summed E-state index contributed by atoms with van der Waals surface area (Å²) in [6.07, 6.45) is 3.14. The summed E-state index contributed by atoms with van der Waals surface area (Å²) in [6, 6.07) is 7.89. The predicted octanol–water partition coefficient (Wildman–Crippen LogP) is 1.92. The van der Waals surface area contributed by atoms with E-state index >= 15 is 0 Å². The molecular weight excluding hydrogens is 206 g/mol. The van der Waals surface area contributed by atoms with Crippen LogP contribution in [0.4, 0.5) is 0 Å². The van der Waals surface area contributed by atoms with Crippen molar-refractivity contribution in [1.29, 1.82) is 0 Å². The summed E-state index contributed by atoms with van der Waals surface area (Å²) in [5, 5.41) is 11.8. The maximum atomic E-state index is 11.6. The summed E-state index contributed by atoms with van der Waals surface area (Å²) in [4.78, 5) is 11.6. The maximum absolute atomic E-state index is 11.6. The first kappa shape index (κ1) is 10.3. The van der Waals surface area contributed by atoms with Crippen LogP contribution in [0.25, 0.3) is 0 Å². The molecule has 0 fully saturated rings. The molecule has 1 aromatic carbocycles. The van der Waals surface area contributed by atoms with Crippen molar-refractivity contribution in [3.05, 3.63) is 54.0 Å². The molecule has 0 radical (unpaired) electrons. The molecule has 16 heavy (non-hydrogen) atoms. The van der Waals surface area contributed by atoms with Gasteiger partial charge in [-0.05, 0) is 30.3 Å². The lowest BCUT2D eigenvalue weighted by atomic mass is 10.2. The minimum atomic E-state index is -0.179. The lowest BCUT2D eigenvalue weighted by molar-refractivity contribution is 0.0951. The molecule has 0 aliphatic heterocycles. The van der Waals surface area contributed by atoms with E-state index in [1.54, 1.807) is 30.7 Å². The highest BCUT2D eigenvalue weighted by Crippen LogP contribution is 2.09. The number of aromatic hydroxyl groups is 1. The van der Waals surface area contributed by atoms with Crippen LogP contribution < -0.4 is 5.32 Å². The van der Waals surface area contributed by atoms with E-state index in [9.17, 15) is 4.79 Å². The highest BCUT2D eigenvalue weighted by molar-refractivity contribution is 5.94. The molecule has 0 spiro atoms. The molecule has 0 aliphatic rings. The first-order chi connectivity index (χ1) is 7.75. The van der Waals surface area contributed by atoms with Crippen LogP contribution in [0.15, 0.2) is 47.3 Å². The summed E-state index contributed by atoms with van der Waals surface area (Å²) in [6.45, 7) is 0.427. The molecule has 82 valence electrons. The molecular formula is C12H11NO3. The van der Waals surface area contributed by atoms with E-state index in [-0.39, 0.29) is 11.7 Å². The number of carbonyl (C=O) groups excluding carboxylic acids is 1. The van der Waals surface area contributed by atoms with Gasteiger partial charge in [0.1, 0.15) is 5.75 Å². The van der Waals surface area contributed by atoms with Crippen molar-refractivity contribution in [3.8, 4) is 5.75 Å². The number of carbonyl (C=O) groups is 1. The van der Waals surface area contributed by atoms with Crippen LogP contribution in [-0.4, -0.2) is 11.0 Å². The molecule has 4 heteroatoms. The second-order valence-electron chi connectivity index (χ2n) is 3.36. The van der Waals surface area contributed by atoms with E-state index in [0.717, 1.165) is 5.56 Å². The fourth-order valence-corrected chi connectivity index (χ4v) is 1.29. The van der Waals surface area contributed by atoms with Crippen molar-refractivity contribution in [2.24, 2.45) is 0 Å². The monoisotopic (exact) mass is 217 g/mol. The molecule has 0 bridgehead atoms.